The highest BCUT2D eigenvalue weighted by Gasteiger charge is 2.14. The number of nitrogens with two attached hydrogens (primary N) is 1. The Hall–Kier alpha value is -2.88. The Morgan fingerprint density at radius 1 is 1.14 bits per heavy atom. The largest absolute Gasteiger partial charge is 0.366 e. The lowest BCUT2D eigenvalue weighted by Crippen LogP contribution is -2.05. The Bertz CT molecular complexity index is 876. The van der Waals surface area contributed by atoms with E-state index >= 15 is 0 Å². The van der Waals surface area contributed by atoms with Crippen molar-refractivity contribution in [1.82, 2.24) is 4.57 Å². The smallest absolute Gasteiger partial charge is 0.241 e. The lowest BCUT2D eigenvalue weighted by atomic mass is 10.0. The third-order valence-corrected chi connectivity index (χ3v) is 3.69. The summed E-state index contributed by atoms with van der Waals surface area (Å²) >= 11 is 0. The number of hydrogen-bond acceptors (Lipinski definition) is 1. The number of benzene rings is 2. The second kappa shape index (κ2) is 5.48. The highest BCUT2D eigenvalue weighted by Crippen LogP contribution is 2.35. The molecule has 3 nitrogen and oxygen atoms in total. The van der Waals surface area contributed by atoms with Crippen LogP contribution in [-0.4, -0.2) is 10.5 Å². The van der Waals surface area contributed by atoms with Gasteiger partial charge < -0.3 is 10.3 Å². The maximum absolute atomic E-state index is 13.2. The van der Waals surface area contributed by atoms with Gasteiger partial charge in [0.1, 0.15) is 5.82 Å². The van der Waals surface area contributed by atoms with Gasteiger partial charge in [0, 0.05) is 35.3 Å². The third kappa shape index (κ3) is 2.39. The van der Waals surface area contributed by atoms with Crippen LogP contribution in [0.5, 0.6) is 0 Å². The van der Waals surface area contributed by atoms with E-state index in [0.717, 1.165) is 27.7 Å². The average molecular weight is 294 g/mol. The first-order valence-electron chi connectivity index (χ1n) is 6.89. The highest BCUT2D eigenvalue weighted by atomic mass is 19.1. The summed E-state index contributed by atoms with van der Waals surface area (Å²) < 4.78 is 15.2. The van der Waals surface area contributed by atoms with Crippen LogP contribution < -0.4 is 5.73 Å². The molecule has 0 bridgehead atoms. The van der Waals surface area contributed by atoms with Gasteiger partial charge in [0.25, 0.3) is 0 Å². The molecular weight excluding hydrogens is 279 g/mol. The Labute approximate surface area is 127 Å². The molecule has 0 atom stereocenters. The molecule has 110 valence electrons. The number of carbonyl (C=O) groups is 1. The van der Waals surface area contributed by atoms with Gasteiger partial charge >= 0.3 is 0 Å². The van der Waals surface area contributed by atoms with Crippen LogP contribution >= 0.6 is 0 Å². The third-order valence-electron chi connectivity index (χ3n) is 3.69. The number of carbonyl (C=O) groups excluding carboxylic acids is 1. The van der Waals surface area contributed by atoms with E-state index in [1.807, 2.05) is 35.9 Å². The molecule has 1 amide bonds. The first-order chi connectivity index (χ1) is 10.6. The molecule has 0 aliphatic carbocycles. The van der Waals surface area contributed by atoms with Crippen molar-refractivity contribution >= 4 is 22.9 Å². The normalized spacial score (nSPS) is 11.4. The van der Waals surface area contributed by atoms with E-state index < -0.39 is 5.91 Å². The minimum atomic E-state index is -0.504. The molecule has 0 unspecified atom stereocenters. The summed E-state index contributed by atoms with van der Waals surface area (Å²) in [5.41, 5.74) is 8.94. The number of halogens is 1. The van der Waals surface area contributed by atoms with Crippen LogP contribution in [0.25, 0.3) is 28.1 Å². The van der Waals surface area contributed by atoms with E-state index in [4.69, 9.17) is 5.73 Å². The van der Waals surface area contributed by atoms with Crippen LogP contribution in [0.1, 0.15) is 5.69 Å². The van der Waals surface area contributed by atoms with Crippen molar-refractivity contribution in [2.75, 3.05) is 0 Å². The first-order valence-corrected chi connectivity index (χ1v) is 6.89. The van der Waals surface area contributed by atoms with Crippen molar-refractivity contribution in [1.29, 1.82) is 0 Å². The number of para-hydroxylation sites is 1. The molecule has 0 radical (unpaired) electrons. The fourth-order valence-corrected chi connectivity index (χ4v) is 2.69. The maximum atomic E-state index is 13.2. The molecule has 2 N–H and O–H groups in total. The van der Waals surface area contributed by atoms with Crippen molar-refractivity contribution in [2.45, 2.75) is 0 Å². The second-order valence-electron chi connectivity index (χ2n) is 5.08. The average Bonchev–Trinajstić information content (AvgIpc) is 2.79. The lowest BCUT2D eigenvalue weighted by Gasteiger charge is -2.04. The molecule has 4 heteroatoms. The number of hydrogen-bond donors (Lipinski definition) is 1. The van der Waals surface area contributed by atoms with Gasteiger partial charge in [-0.15, -0.1) is 0 Å². The molecule has 1 heterocycles. The van der Waals surface area contributed by atoms with Crippen molar-refractivity contribution in [3.05, 3.63) is 66.1 Å². The van der Waals surface area contributed by atoms with Gasteiger partial charge in [-0.2, -0.15) is 0 Å². The quantitative estimate of drug-likeness (QED) is 0.739. The summed E-state index contributed by atoms with van der Waals surface area (Å²) in [4.78, 5) is 11.1. The number of nitrogens with zero attached hydrogens (tertiary/aromatic N) is 1. The van der Waals surface area contributed by atoms with Gasteiger partial charge in [-0.05, 0) is 29.8 Å². The summed E-state index contributed by atoms with van der Waals surface area (Å²) in [6.45, 7) is 0. The van der Waals surface area contributed by atoms with Crippen LogP contribution in [-0.2, 0) is 11.8 Å². The summed E-state index contributed by atoms with van der Waals surface area (Å²) in [5.74, 6) is -0.784. The minimum absolute atomic E-state index is 0.279. The van der Waals surface area contributed by atoms with E-state index in [2.05, 4.69) is 0 Å². The van der Waals surface area contributed by atoms with Crippen LogP contribution in [0.2, 0.25) is 0 Å². The van der Waals surface area contributed by atoms with E-state index in [-0.39, 0.29) is 5.82 Å². The molecular formula is C18H15FN2O. The SMILES string of the molecule is Cn1c(/C=C/C(N)=O)c(-c2ccc(F)cc2)c2ccccc21. The van der Waals surface area contributed by atoms with Crippen molar-refractivity contribution in [2.24, 2.45) is 12.8 Å². The summed E-state index contributed by atoms with van der Waals surface area (Å²) in [6.07, 6.45) is 3.03. The maximum Gasteiger partial charge on any atom is 0.241 e. The second-order valence-corrected chi connectivity index (χ2v) is 5.08. The van der Waals surface area contributed by atoms with Gasteiger partial charge in [-0.3, -0.25) is 4.79 Å². The first kappa shape index (κ1) is 14.1. The molecule has 0 aliphatic heterocycles. The number of fused-ring (bicyclic) bond motifs is 1. The van der Waals surface area contributed by atoms with Crippen LogP contribution in [0.15, 0.2) is 54.6 Å². The number of primary amides is 1. The summed E-state index contributed by atoms with van der Waals surface area (Å²) in [6, 6.07) is 14.3. The minimum Gasteiger partial charge on any atom is -0.366 e. The Morgan fingerprint density at radius 3 is 2.50 bits per heavy atom. The number of amides is 1. The molecule has 3 rings (SSSR count). The molecule has 1 aromatic heterocycles. The Kier molecular flexibility index (Phi) is 3.51. The highest BCUT2D eigenvalue weighted by molar-refractivity contribution is 6.02. The summed E-state index contributed by atoms with van der Waals surface area (Å²) in [7, 11) is 1.93. The van der Waals surface area contributed by atoms with E-state index in [1.165, 1.54) is 18.2 Å². The fourth-order valence-electron chi connectivity index (χ4n) is 2.69. The molecule has 0 fully saturated rings. The van der Waals surface area contributed by atoms with Gasteiger partial charge in [0.05, 0.1) is 0 Å². The van der Waals surface area contributed by atoms with E-state index in [0.29, 0.717) is 0 Å². The van der Waals surface area contributed by atoms with Crippen LogP contribution in [0, 0.1) is 5.82 Å². The fraction of sp³-hybridized carbons (Fsp3) is 0.0556. The van der Waals surface area contributed by atoms with Crippen LogP contribution in [0.4, 0.5) is 4.39 Å². The zero-order chi connectivity index (χ0) is 15.7. The molecule has 0 spiro atoms. The van der Waals surface area contributed by atoms with E-state index in [1.54, 1.807) is 18.2 Å². The zero-order valence-corrected chi connectivity index (χ0v) is 12.1. The predicted octanol–water partition coefficient (Wildman–Crippen LogP) is 3.48. The van der Waals surface area contributed by atoms with Gasteiger partial charge in [-0.25, -0.2) is 4.39 Å². The Morgan fingerprint density at radius 2 is 1.82 bits per heavy atom. The monoisotopic (exact) mass is 294 g/mol. The summed E-state index contributed by atoms with van der Waals surface area (Å²) in [5, 5.41) is 1.04. The van der Waals surface area contributed by atoms with Gasteiger partial charge in [-0.1, -0.05) is 30.3 Å². The number of aromatic nitrogens is 1. The van der Waals surface area contributed by atoms with Gasteiger partial charge in [0.15, 0.2) is 0 Å². The standard InChI is InChI=1S/C18H15FN2O/c1-21-15-5-3-2-4-14(15)18(16(21)10-11-17(20)22)12-6-8-13(19)9-7-12/h2-11H,1H3,(H2,20,22)/b11-10+. The molecule has 0 aliphatic rings. The Balaban J connectivity index is 2.32. The van der Waals surface area contributed by atoms with E-state index in [9.17, 15) is 9.18 Å². The zero-order valence-electron chi connectivity index (χ0n) is 12.1. The number of aryl methyl sites for hydroxylation is 1. The van der Waals surface area contributed by atoms with Crippen molar-refractivity contribution < 1.29 is 9.18 Å². The van der Waals surface area contributed by atoms with Gasteiger partial charge in [0.2, 0.25) is 5.91 Å². The molecule has 3 aromatic rings. The van der Waals surface area contributed by atoms with Crippen LogP contribution in [0.3, 0.4) is 0 Å². The molecule has 0 saturated carbocycles. The predicted molar refractivity (Wildman–Crippen MR) is 86.5 cm³/mol. The van der Waals surface area contributed by atoms with Crippen molar-refractivity contribution in [3.8, 4) is 11.1 Å². The van der Waals surface area contributed by atoms with Crippen molar-refractivity contribution in [3.63, 3.8) is 0 Å². The number of rotatable bonds is 3. The molecule has 0 saturated heterocycles. The lowest BCUT2D eigenvalue weighted by molar-refractivity contribution is -0.113. The molecule has 2 aromatic carbocycles. The molecule has 22 heavy (non-hydrogen) atoms. The topological polar surface area (TPSA) is 48.0 Å².